The van der Waals surface area contributed by atoms with Gasteiger partial charge in [-0.3, -0.25) is 0 Å². The minimum atomic E-state index is -0.657. The highest BCUT2D eigenvalue weighted by Crippen LogP contribution is 2.34. The molecule has 0 bridgehead atoms. The van der Waals surface area contributed by atoms with Gasteiger partial charge in [0.05, 0.1) is 14.8 Å². The molecule has 0 amide bonds. The summed E-state index contributed by atoms with van der Waals surface area (Å²) < 4.78 is 6.03. The van der Waals surface area contributed by atoms with Gasteiger partial charge in [-0.15, -0.1) is 0 Å². The van der Waals surface area contributed by atoms with E-state index in [1.165, 1.54) is 10.6 Å². The van der Waals surface area contributed by atoms with Crippen LogP contribution in [0.5, 0.6) is 0 Å². The molecule has 0 atom stereocenters. The molecule has 0 aliphatic rings. The molecule has 0 saturated carbocycles. The highest BCUT2D eigenvalue weighted by molar-refractivity contribution is 7.68. The second-order valence-electron chi connectivity index (χ2n) is 3.80. The van der Waals surface area contributed by atoms with E-state index in [1.807, 2.05) is 12.1 Å². The lowest BCUT2D eigenvalue weighted by atomic mass is 10.4. The fourth-order valence-corrected chi connectivity index (χ4v) is 3.45. The van der Waals surface area contributed by atoms with Gasteiger partial charge in [0, 0.05) is 10.6 Å². The Balaban J connectivity index is 2.26. The van der Waals surface area contributed by atoms with E-state index in [0.29, 0.717) is 0 Å². The van der Waals surface area contributed by atoms with Gasteiger partial charge < -0.3 is 4.52 Å². The quantitative estimate of drug-likeness (QED) is 0.732. The molecule has 2 aromatic carbocycles. The molecule has 0 aliphatic heterocycles. The van der Waals surface area contributed by atoms with Crippen molar-refractivity contribution in [3.05, 3.63) is 60.7 Å². The normalized spacial score (nSPS) is 10.7. The minimum Gasteiger partial charge on any atom is -0.350 e. The third-order valence-corrected chi connectivity index (χ3v) is 4.38. The first-order valence-electron chi connectivity index (χ1n) is 5.95. The summed E-state index contributed by atoms with van der Waals surface area (Å²) in [7, 11) is -0.657. The lowest BCUT2D eigenvalue weighted by Gasteiger charge is -2.17. The van der Waals surface area contributed by atoms with Crippen LogP contribution in [0.3, 0.4) is 0 Å². The van der Waals surface area contributed by atoms with Crippen LogP contribution in [-0.2, 0) is 4.52 Å². The van der Waals surface area contributed by atoms with Gasteiger partial charge >= 0.3 is 0 Å². The van der Waals surface area contributed by atoms with Crippen molar-refractivity contribution in [1.29, 1.82) is 0 Å². The van der Waals surface area contributed by atoms with E-state index in [1.54, 1.807) is 0 Å². The molecule has 0 saturated heterocycles. The number of hydrogen-bond donors (Lipinski definition) is 0. The average molecular weight is 244 g/mol. The molecule has 0 spiro atoms. The summed E-state index contributed by atoms with van der Waals surface area (Å²) >= 11 is 0. The highest BCUT2D eigenvalue weighted by Gasteiger charge is 2.13. The van der Waals surface area contributed by atoms with Gasteiger partial charge in [-0.1, -0.05) is 67.6 Å². The molecule has 2 rings (SSSR count). The third kappa shape index (κ3) is 3.39. The maximum absolute atomic E-state index is 6.03. The van der Waals surface area contributed by atoms with Crippen molar-refractivity contribution in [2.75, 3.05) is 6.61 Å². The Bertz CT molecular complexity index is 388. The molecule has 1 nitrogen and oxygen atoms in total. The van der Waals surface area contributed by atoms with Gasteiger partial charge in [-0.05, 0) is 6.42 Å². The van der Waals surface area contributed by atoms with E-state index in [4.69, 9.17) is 4.52 Å². The second kappa shape index (κ2) is 6.54. The van der Waals surface area contributed by atoms with Crippen molar-refractivity contribution >= 4 is 18.8 Å². The van der Waals surface area contributed by atoms with Gasteiger partial charge in [0.1, 0.15) is 0 Å². The van der Waals surface area contributed by atoms with Crippen molar-refractivity contribution in [2.45, 2.75) is 13.3 Å². The van der Waals surface area contributed by atoms with Crippen molar-refractivity contribution in [3.63, 3.8) is 0 Å². The summed E-state index contributed by atoms with van der Waals surface area (Å²) in [6.45, 7) is 2.96. The molecule has 0 radical (unpaired) electrons. The van der Waals surface area contributed by atoms with E-state index < -0.39 is 8.15 Å². The van der Waals surface area contributed by atoms with Gasteiger partial charge in [-0.25, -0.2) is 0 Å². The monoisotopic (exact) mass is 244 g/mol. The minimum absolute atomic E-state index is 0.657. The smallest absolute Gasteiger partial charge is 0.0917 e. The third-order valence-electron chi connectivity index (χ3n) is 2.41. The lowest BCUT2D eigenvalue weighted by Crippen LogP contribution is -2.13. The van der Waals surface area contributed by atoms with Crippen LogP contribution in [0.4, 0.5) is 0 Å². The molecular formula is C15H17OP. The Labute approximate surface area is 104 Å². The Hall–Kier alpha value is -1.17. The molecule has 88 valence electrons. The predicted molar refractivity (Wildman–Crippen MR) is 75.3 cm³/mol. The summed E-state index contributed by atoms with van der Waals surface area (Å²) in [6.07, 6.45) is 1.05. The highest BCUT2D eigenvalue weighted by atomic mass is 31.1. The fraction of sp³-hybridized carbons (Fsp3) is 0.200. The molecule has 0 aliphatic carbocycles. The Kier molecular flexibility index (Phi) is 4.73. The lowest BCUT2D eigenvalue weighted by molar-refractivity contribution is 0.360. The first kappa shape index (κ1) is 12.3. The zero-order valence-corrected chi connectivity index (χ0v) is 10.9. The van der Waals surface area contributed by atoms with Gasteiger partial charge in [0.2, 0.25) is 0 Å². The summed E-state index contributed by atoms with van der Waals surface area (Å²) in [5.41, 5.74) is 0. The first-order valence-corrected chi connectivity index (χ1v) is 7.21. The first-order chi connectivity index (χ1) is 8.42. The number of hydrogen-bond acceptors (Lipinski definition) is 1. The zero-order valence-electron chi connectivity index (χ0n) is 10.0. The summed E-state index contributed by atoms with van der Waals surface area (Å²) in [5.74, 6) is 0. The maximum atomic E-state index is 6.03. The molecule has 2 heteroatoms. The molecule has 0 unspecified atom stereocenters. The van der Waals surface area contributed by atoms with Crippen molar-refractivity contribution < 1.29 is 4.52 Å². The van der Waals surface area contributed by atoms with E-state index in [9.17, 15) is 0 Å². The summed E-state index contributed by atoms with van der Waals surface area (Å²) in [6, 6.07) is 21.0. The van der Waals surface area contributed by atoms with Gasteiger partial charge in [-0.2, -0.15) is 0 Å². The van der Waals surface area contributed by atoms with Crippen LogP contribution in [0.2, 0.25) is 0 Å². The van der Waals surface area contributed by atoms with Crippen LogP contribution in [0.25, 0.3) is 0 Å². The number of benzene rings is 2. The van der Waals surface area contributed by atoms with Crippen LogP contribution in [0.15, 0.2) is 60.7 Å². The van der Waals surface area contributed by atoms with E-state index in [2.05, 4.69) is 55.5 Å². The molecule has 0 N–H and O–H groups in total. The van der Waals surface area contributed by atoms with Gasteiger partial charge in [0.25, 0.3) is 0 Å². The largest absolute Gasteiger partial charge is 0.350 e. The zero-order chi connectivity index (χ0) is 11.9. The van der Waals surface area contributed by atoms with Crippen LogP contribution < -0.4 is 10.6 Å². The SMILES string of the molecule is CCCOP(c1ccccc1)c1ccccc1. The van der Waals surface area contributed by atoms with Crippen LogP contribution in [0.1, 0.15) is 13.3 Å². The van der Waals surface area contributed by atoms with Gasteiger partial charge in [0.15, 0.2) is 0 Å². The fourth-order valence-electron chi connectivity index (χ4n) is 1.61. The number of rotatable bonds is 5. The second-order valence-corrected chi connectivity index (χ2v) is 5.68. The van der Waals surface area contributed by atoms with E-state index >= 15 is 0 Å². The standard InChI is InChI=1S/C15H17OP/c1-2-13-16-17(14-9-5-3-6-10-14)15-11-7-4-8-12-15/h3-12H,2,13H2,1H3. The Morgan fingerprint density at radius 3 is 1.71 bits per heavy atom. The van der Waals surface area contributed by atoms with Crippen molar-refractivity contribution in [2.24, 2.45) is 0 Å². The van der Waals surface area contributed by atoms with Crippen molar-refractivity contribution in [3.8, 4) is 0 Å². The molecular weight excluding hydrogens is 227 g/mol. The van der Waals surface area contributed by atoms with E-state index in [0.717, 1.165) is 13.0 Å². The van der Waals surface area contributed by atoms with E-state index in [-0.39, 0.29) is 0 Å². The predicted octanol–water partition coefficient (Wildman–Crippen LogP) is 3.46. The topological polar surface area (TPSA) is 9.23 Å². The Morgan fingerprint density at radius 1 is 0.824 bits per heavy atom. The summed E-state index contributed by atoms with van der Waals surface area (Å²) in [5, 5.41) is 2.56. The maximum Gasteiger partial charge on any atom is 0.0917 e. The van der Waals surface area contributed by atoms with Crippen molar-refractivity contribution in [1.82, 2.24) is 0 Å². The molecule has 0 fully saturated rings. The van der Waals surface area contributed by atoms with Crippen LogP contribution >= 0.6 is 8.15 Å². The molecule has 0 heterocycles. The Morgan fingerprint density at radius 2 is 1.29 bits per heavy atom. The summed E-state index contributed by atoms with van der Waals surface area (Å²) in [4.78, 5) is 0. The molecule has 2 aromatic rings. The molecule has 17 heavy (non-hydrogen) atoms. The molecule has 0 aromatic heterocycles. The average Bonchev–Trinajstić information content (AvgIpc) is 2.42. The van der Waals surface area contributed by atoms with Crippen LogP contribution in [0, 0.1) is 0 Å². The van der Waals surface area contributed by atoms with Crippen LogP contribution in [-0.4, -0.2) is 6.61 Å².